The molecule has 0 aliphatic carbocycles. The largest absolute Gasteiger partial charge is 0.387 e. The van der Waals surface area contributed by atoms with E-state index < -0.39 is 5.60 Å². The Morgan fingerprint density at radius 3 is 2.77 bits per heavy atom. The first kappa shape index (κ1) is 17.2. The summed E-state index contributed by atoms with van der Waals surface area (Å²) in [4.78, 5) is 14.3. The summed E-state index contributed by atoms with van der Waals surface area (Å²) >= 11 is 0. The molecule has 4 rings (SSSR count). The summed E-state index contributed by atoms with van der Waals surface area (Å²) in [5, 5.41) is 14.4. The van der Waals surface area contributed by atoms with Crippen molar-refractivity contribution in [1.82, 2.24) is 10.1 Å². The van der Waals surface area contributed by atoms with Crippen LogP contribution in [0.25, 0.3) is 11.3 Å². The van der Waals surface area contributed by atoms with Gasteiger partial charge in [-0.1, -0.05) is 42.4 Å². The lowest BCUT2D eigenvalue weighted by Crippen LogP contribution is -2.63. The highest BCUT2D eigenvalue weighted by Crippen LogP contribution is 2.41. The Bertz CT molecular complexity index is 782. The summed E-state index contributed by atoms with van der Waals surface area (Å²) < 4.78 is 10.9. The topological polar surface area (TPSA) is 75.8 Å². The van der Waals surface area contributed by atoms with E-state index in [0.717, 1.165) is 16.8 Å². The van der Waals surface area contributed by atoms with Crippen molar-refractivity contribution < 1.29 is 19.2 Å². The standard InChI is InChI=1S/C20H24N2O4/c1-2-19(24)11-20(25-14-19)12-22(13-20)17(23)9-8-16-10-26-21-18(16)15-6-4-3-5-7-15/h3-7,10,24H,2,8-9,11-14H2,1H3/t19-/m0/s1. The number of aryl methyl sites for hydroxylation is 1. The molecule has 6 heteroatoms. The maximum Gasteiger partial charge on any atom is 0.223 e. The van der Waals surface area contributed by atoms with E-state index in [1.54, 1.807) is 6.26 Å². The first-order chi connectivity index (χ1) is 12.5. The average Bonchev–Trinajstić information content (AvgIpc) is 3.24. The Kier molecular flexibility index (Phi) is 4.32. The summed E-state index contributed by atoms with van der Waals surface area (Å²) in [7, 11) is 0. The number of aromatic nitrogens is 1. The summed E-state index contributed by atoms with van der Waals surface area (Å²) in [6.07, 6.45) is 3.92. The molecule has 1 aromatic heterocycles. The van der Waals surface area contributed by atoms with Crippen LogP contribution < -0.4 is 0 Å². The molecular weight excluding hydrogens is 332 g/mol. The Morgan fingerprint density at radius 1 is 1.31 bits per heavy atom. The van der Waals surface area contributed by atoms with Crippen LogP contribution in [0.15, 0.2) is 41.1 Å². The predicted octanol–water partition coefficient (Wildman–Crippen LogP) is 2.42. The molecule has 1 aromatic carbocycles. The molecule has 1 amide bonds. The van der Waals surface area contributed by atoms with Crippen LogP contribution in [0.4, 0.5) is 0 Å². The number of likely N-dealkylation sites (tertiary alicyclic amines) is 1. The highest BCUT2D eigenvalue weighted by Gasteiger charge is 2.55. The van der Waals surface area contributed by atoms with E-state index in [1.807, 2.05) is 42.2 Å². The third-order valence-corrected chi connectivity index (χ3v) is 5.57. The van der Waals surface area contributed by atoms with Gasteiger partial charge in [0, 0.05) is 24.0 Å². The molecule has 0 radical (unpaired) electrons. The molecule has 2 aliphatic rings. The third-order valence-electron chi connectivity index (χ3n) is 5.57. The summed E-state index contributed by atoms with van der Waals surface area (Å²) in [5.74, 6) is 0.103. The fourth-order valence-corrected chi connectivity index (χ4v) is 3.91. The lowest BCUT2D eigenvalue weighted by Gasteiger charge is -2.47. The zero-order valence-corrected chi connectivity index (χ0v) is 15.0. The van der Waals surface area contributed by atoms with Crippen LogP contribution in [0.5, 0.6) is 0 Å². The number of amides is 1. The molecule has 2 aliphatic heterocycles. The highest BCUT2D eigenvalue weighted by molar-refractivity contribution is 5.78. The van der Waals surface area contributed by atoms with Gasteiger partial charge in [-0.05, 0) is 12.8 Å². The molecule has 6 nitrogen and oxygen atoms in total. The van der Waals surface area contributed by atoms with E-state index in [-0.39, 0.29) is 11.5 Å². The summed E-state index contributed by atoms with van der Waals surface area (Å²) in [6, 6.07) is 9.83. The second-order valence-electron chi connectivity index (χ2n) is 7.53. The van der Waals surface area contributed by atoms with Crippen molar-refractivity contribution in [3.8, 4) is 11.3 Å². The Hall–Kier alpha value is -2.18. The van der Waals surface area contributed by atoms with Gasteiger partial charge in [-0.2, -0.15) is 0 Å². The Morgan fingerprint density at radius 2 is 2.08 bits per heavy atom. The number of benzene rings is 1. The van der Waals surface area contributed by atoms with E-state index in [1.165, 1.54) is 0 Å². The van der Waals surface area contributed by atoms with Gasteiger partial charge < -0.3 is 19.3 Å². The first-order valence-electron chi connectivity index (χ1n) is 9.15. The number of aliphatic hydroxyl groups is 1. The molecule has 26 heavy (non-hydrogen) atoms. The van der Waals surface area contributed by atoms with Gasteiger partial charge in [0.15, 0.2) is 0 Å². The zero-order chi connectivity index (χ0) is 18.2. The van der Waals surface area contributed by atoms with Crippen molar-refractivity contribution in [1.29, 1.82) is 0 Å². The molecule has 138 valence electrons. The van der Waals surface area contributed by atoms with Crippen LogP contribution in [-0.2, 0) is 16.0 Å². The third kappa shape index (κ3) is 3.15. The monoisotopic (exact) mass is 356 g/mol. The van der Waals surface area contributed by atoms with Crippen LogP contribution >= 0.6 is 0 Å². The van der Waals surface area contributed by atoms with Gasteiger partial charge in [0.25, 0.3) is 0 Å². The normalized spacial score (nSPS) is 24.0. The van der Waals surface area contributed by atoms with Crippen LogP contribution in [0.1, 0.15) is 31.7 Å². The number of carbonyl (C=O) groups is 1. The molecule has 2 fully saturated rings. The fourth-order valence-electron chi connectivity index (χ4n) is 3.91. The van der Waals surface area contributed by atoms with Crippen LogP contribution in [0.3, 0.4) is 0 Å². The highest BCUT2D eigenvalue weighted by atomic mass is 16.5. The number of ether oxygens (including phenoxy) is 1. The number of hydrogen-bond donors (Lipinski definition) is 1. The molecule has 1 N–H and O–H groups in total. The molecule has 2 saturated heterocycles. The van der Waals surface area contributed by atoms with Crippen LogP contribution in [0, 0.1) is 0 Å². The maximum atomic E-state index is 12.5. The Labute approximate surface area is 152 Å². The van der Waals surface area contributed by atoms with E-state index >= 15 is 0 Å². The van der Waals surface area contributed by atoms with E-state index in [9.17, 15) is 9.90 Å². The van der Waals surface area contributed by atoms with Crippen molar-refractivity contribution in [2.75, 3.05) is 19.7 Å². The van der Waals surface area contributed by atoms with Crippen molar-refractivity contribution in [2.45, 2.75) is 43.8 Å². The van der Waals surface area contributed by atoms with E-state index in [2.05, 4.69) is 5.16 Å². The number of hydrogen-bond acceptors (Lipinski definition) is 5. The van der Waals surface area contributed by atoms with E-state index in [0.29, 0.717) is 45.4 Å². The number of rotatable bonds is 5. The quantitative estimate of drug-likeness (QED) is 0.890. The smallest absolute Gasteiger partial charge is 0.223 e. The van der Waals surface area contributed by atoms with Gasteiger partial charge in [0.2, 0.25) is 5.91 Å². The van der Waals surface area contributed by atoms with E-state index in [4.69, 9.17) is 9.26 Å². The molecule has 3 heterocycles. The summed E-state index contributed by atoms with van der Waals surface area (Å²) in [5.41, 5.74) is 1.65. The van der Waals surface area contributed by atoms with Crippen LogP contribution in [0.2, 0.25) is 0 Å². The first-order valence-corrected chi connectivity index (χ1v) is 9.15. The molecule has 0 saturated carbocycles. The van der Waals surface area contributed by atoms with Crippen molar-refractivity contribution >= 4 is 5.91 Å². The van der Waals surface area contributed by atoms with Gasteiger partial charge in [-0.25, -0.2) is 0 Å². The Balaban J connectivity index is 1.32. The second kappa shape index (κ2) is 6.52. The molecule has 0 bridgehead atoms. The predicted molar refractivity (Wildman–Crippen MR) is 95.4 cm³/mol. The van der Waals surface area contributed by atoms with Gasteiger partial charge in [-0.15, -0.1) is 0 Å². The van der Waals surface area contributed by atoms with Crippen LogP contribution in [-0.4, -0.2) is 52.0 Å². The van der Waals surface area contributed by atoms with Crippen molar-refractivity contribution in [3.63, 3.8) is 0 Å². The minimum absolute atomic E-state index is 0.103. The lowest BCUT2D eigenvalue weighted by molar-refractivity contribution is -0.157. The van der Waals surface area contributed by atoms with Gasteiger partial charge >= 0.3 is 0 Å². The maximum absolute atomic E-state index is 12.5. The molecule has 1 atom stereocenters. The van der Waals surface area contributed by atoms with Gasteiger partial charge in [0.05, 0.1) is 25.3 Å². The van der Waals surface area contributed by atoms with Crippen molar-refractivity contribution in [3.05, 3.63) is 42.2 Å². The fraction of sp³-hybridized carbons (Fsp3) is 0.500. The van der Waals surface area contributed by atoms with Gasteiger partial charge in [0.1, 0.15) is 17.6 Å². The summed E-state index contributed by atoms with van der Waals surface area (Å²) in [6.45, 7) is 3.48. The molecule has 0 unspecified atom stereocenters. The minimum Gasteiger partial charge on any atom is -0.387 e. The average molecular weight is 356 g/mol. The molecule has 2 aromatic rings. The second-order valence-corrected chi connectivity index (χ2v) is 7.53. The lowest BCUT2D eigenvalue weighted by atomic mass is 9.83. The minimum atomic E-state index is -0.734. The van der Waals surface area contributed by atoms with Gasteiger partial charge in [-0.3, -0.25) is 4.79 Å². The number of carbonyl (C=O) groups excluding carboxylic acids is 1. The molecular formula is C20H24N2O4. The van der Waals surface area contributed by atoms with Crippen molar-refractivity contribution in [2.24, 2.45) is 0 Å². The number of nitrogens with zero attached hydrogens (tertiary/aromatic N) is 2. The zero-order valence-electron chi connectivity index (χ0n) is 15.0. The molecule has 1 spiro atoms. The SMILES string of the molecule is CC[C@@]1(O)COC2(CN(C(=O)CCc3conc3-c3ccccc3)C2)C1.